The first-order valence-corrected chi connectivity index (χ1v) is 12.9. The third-order valence-electron chi connectivity index (χ3n) is 5.30. The van der Waals surface area contributed by atoms with Gasteiger partial charge in [-0.25, -0.2) is 18.5 Å². The van der Waals surface area contributed by atoms with E-state index in [0.717, 1.165) is 4.31 Å². The summed E-state index contributed by atoms with van der Waals surface area (Å²) in [4.78, 5) is 21.3. The lowest BCUT2D eigenvalue weighted by Gasteiger charge is -2.23. The van der Waals surface area contributed by atoms with Crippen molar-refractivity contribution in [2.24, 2.45) is 0 Å². The van der Waals surface area contributed by atoms with Crippen LogP contribution in [0.3, 0.4) is 0 Å². The van der Waals surface area contributed by atoms with E-state index in [9.17, 15) is 26.7 Å². The molecular weight excluding hydrogens is 573 g/mol. The number of alkyl halides is 3. The van der Waals surface area contributed by atoms with Crippen molar-refractivity contribution in [2.75, 3.05) is 35.1 Å². The number of fused-ring (bicyclic) bond motifs is 1. The number of hydrogen-bond acceptors (Lipinski definition) is 7. The number of methoxy groups -OCH3 is 1. The van der Waals surface area contributed by atoms with E-state index in [4.69, 9.17) is 16.3 Å². The lowest BCUT2D eigenvalue weighted by atomic mass is 10.2. The van der Waals surface area contributed by atoms with Crippen LogP contribution in [-0.4, -0.2) is 51.0 Å². The van der Waals surface area contributed by atoms with Crippen LogP contribution in [0.5, 0.6) is 5.75 Å². The van der Waals surface area contributed by atoms with E-state index in [2.05, 4.69) is 20.6 Å². The highest BCUT2D eigenvalue weighted by Gasteiger charge is 2.27. The molecule has 0 radical (unpaired) electrons. The molecule has 4 rings (SSSR count). The van der Waals surface area contributed by atoms with Crippen LogP contribution in [-0.2, 0) is 16.1 Å². The molecule has 15 heteroatoms. The fourth-order valence-electron chi connectivity index (χ4n) is 3.59. The lowest BCUT2D eigenvalue weighted by Crippen LogP contribution is -2.35. The molecule has 1 aromatic heterocycles. The fourth-order valence-corrected chi connectivity index (χ4v) is 4.32. The van der Waals surface area contributed by atoms with Gasteiger partial charge >= 0.3 is 6.18 Å². The minimum absolute atomic E-state index is 0.0475. The van der Waals surface area contributed by atoms with Gasteiger partial charge in [-0.05, 0) is 42.5 Å². The number of carbonyl (C=O) groups is 1. The van der Waals surface area contributed by atoms with Crippen molar-refractivity contribution in [3.05, 3.63) is 71.8 Å². The Morgan fingerprint density at radius 3 is 2.48 bits per heavy atom. The maximum Gasteiger partial charge on any atom is 0.401 e. The summed E-state index contributed by atoms with van der Waals surface area (Å²) in [5, 5.41) is 7.84. The first-order valence-electron chi connectivity index (χ1n) is 11.5. The monoisotopic (exact) mass is 594 g/mol. The predicted molar refractivity (Wildman–Crippen MR) is 148 cm³/mol. The van der Waals surface area contributed by atoms with Gasteiger partial charge in [-0.3, -0.25) is 9.35 Å². The van der Waals surface area contributed by atoms with Gasteiger partial charge in [0.05, 0.1) is 47.6 Å². The maximum absolute atomic E-state index is 12.7. The summed E-state index contributed by atoms with van der Waals surface area (Å²) in [6.45, 7) is -1.92. The zero-order valence-corrected chi connectivity index (χ0v) is 22.3. The highest BCUT2D eigenvalue weighted by atomic mass is 35.5. The number of nitrogens with zero attached hydrogens (tertiary/aromatic N) is 3. The van der Waals surface area contributed by atoms with Crippen molar-refractivity contribution in [1.82, 2.24) is 15.3 Å². The minimum Gasteiger partial charge on any atom is -0.497 e. The number of benzene rings is 3. The van der Waals surface area contributed by atoms with Crippen molar-refractivity contribution in [1.29, 1.82) is 0 Å². The number of halogens is 4. The molecule has 0 saturated carbocycles. The summed E-state index contributed by atoms with van der Waals surface area (Å²) in [6.07, 6.45) is -4.46. The van der Waals surface area contributed by atoms with Crippen LogP contribution in [0, 0.1) is 0 Å². The van der Waals surface area contributed by atoms with Crippen LogP contribution in [0.25, 0.3) is 11.0 Å². The second-order valence-corrected chi connectivity index (χ2v) is 9.43. The SMILES string of the molecule is COc1ccc(Cl)c(Nc2nc3ccccc3nc2N(c2cccc(NC(=O)CNCC(F)(F)F)c2)S(=O)O)c1. The molecule has 0 aliphatic heterocycles. The van der Waals surface area contributed by atoms with Crippen molar-refractivity contribution >= 4 is 68.5 Å². The van der Waals surface area contributed by atoms with Gasteiger partial charge in [0.25, 0.3) is 11.3 Å². The number of nitrogens with one attached hydrogen (secondary N) is 3. The lowest BCUT2D eigenvalue weighted by molar-refractivity contribution is -0.126. The van der Waals surface area contributed by atoms with Gasteiger partial charge in [0.1, 0.15) is 5.75 Å². The van der Waals surface area contributed by atoms with Crippen molar-refractivity contribution in [3.63, 3.8) is 0 Å². The predicted octanol–water partition coefficient (Wildman–Crippen LogP) is 5.40. The van der Waals surface area contributed by atoms with Crippen LogP contribution in [0.4, 0.5) is 41.9 Å². The molecule has 4 N–H and O–H groups in total. The molecular formula is C25H22ClF3N6O4S. The van der Waals surface area contributed by atoms with Gasteiger partial charge in [-0.15, -0.1) is 0 Å². The molecule has 4 aromatic rings. The molecule has 3 aromatic carbocycles. The summed E-state index contributed by atoms with van der Waals surface area (Å²) in [5.74, 6) is -0.202. The molecule has 0 bridgehead atoms. The molecule has 0 spiro atoms. The normalized spacial score (nSPS) is 12.2. The second kappa shape index (κ2) is 12.5. The van der Waals surface area contributed by atoms with Gasteiger partial charge in [0.15, 0.2) is 11.6 Å². The van der Waals surface area contributed by atoms with Crippen molar-refractivity contribution in [2.45, 2.75) is 6.18 Å². The number of ether oxygens (including phenoxy) is 1. The van der Waals surface area contributed by atoms with E-state index >= 15 is 0 Å². The highest BCUT2D eigenvalue weighted by Crippen LogP contribution is 2.37. The summed E-state index contributed by atoms with van der Waals surface area (Å²) in [7, 11) is 1.49. The van der Waals surface area contributed by atoms with Gasteiger partial charge in [-0.2, -0.15) is 13.2 Å². The quantitative estimate of drug-likeness (QED) is 0.180. The summed E-state index contributed by atoms with van der Waals surface area (Å²) in [5.41, 5.74) is 1.61. The van der Waals surface area contributed by atoms with E-state index in [1.165, 1.54) is 31.4 Å². The molecule has 10 nitrogen and oxygen atoms in total. The van der Waals surface area contributed by atoms with Gasteiger partial charge in [0.2, 0.25) is 5.91 Å². The molecule has 1 heterocycles. The number of rotatable bonds is 10. The van der Waals surface area contributed by atoms with Crippen LogP contribution in [0.15, 0.2) is 66.7 Å². The third-order valence-corrected chi connectivity index (χ3v) is 6.33. The second-order valence-electron chi connectivity index (χ2n) is 8.20. The molecule has 0 saturated heterocycles. The Bertz CT molecular complexity index is 1560. The molecule has 0 aliphatic carbocycles. The van der Waals surface area contributed by atoms with Gasteiger partial charge in [0, 0.05) is 11.8 Å². The molecule has 1 atom stereocenters. The Kier molecular flexibility index (Phi) is 9.04. The van der Waals surface area contributed by atoms with E-state index in [1.54, 1.807) is 42.5 Å². The molecule has 1 amide bonds. The van der Waals surface area contributed by atoms with Crippen LogP contribution in [0.1, 0.15) is 0 Å². The Morgan fingerprint density at radius 2 is 1.80 bits per heavy atom. The van der Waals surface area contributed by atoms with Crippen LogP contribution < -0.4 is 25.0 Å². The zero-order chi connectivity index (χ0) is 28.9. The standard InChI is InChI=1S/C25H22ClF3N6O4S/c1-39-17-9-10-18(26)21(12-17)33-23-24(34-20-8-3-2-7-19(20)32-23)35(40(37)38)16-6-4-5-15(11-16)31-22(36)13-30-14-25(27,28)29/h2-12,30H,13-14H2,1H3,(H,31,36)(H,32,33)(H,37,38). The fraction of sp³-hybridized carbons (Fsp3) is 0.160. The molecule has 0 fully saturated rings. The maximum atomic E-state index is 12.7. The highest BCUT2D eigenvalue weighted by molar-refractivity contribution is 7.81. The number of aromatic nitrogens is 2. The molecule has 210 valence electrons. The summed E-state index contributed by atoms with van der Waals surface area (Å²) < 4.78 is 66.3. The number of carbonyl (C=O) groups excluding carboxylic acids is 1. The Hall–Kier alpha value is -3.98. The van der Waals surface area contributed by atoms with E-state index < -0.39 is 36.4 Å². The van der Waals surface area contributed by atoms with Crippen LogP contribution >= 0.6 is 11.6 Å². The molecule has 1 unspecified atom stereocenters. The van der Waals surface area contributed by atoms with E-state index in [0.29, 0.717) is 27.5 Å². The number of anilines is 5. The summed E-state index contributed by atoms with van der Waals surface area (Å²) >= 11 is 3.69. The largest absolute Gasteiger partial charge is 0.497 e. The Morgan fingerprint density at radius 1 is 1.07 bits per heavy atom. The first kappa shape index (κ1) is 29.0. The van der Waals surface area contributed by atoms with Crippen molar-refractivity contribution < 1.29 is 31.5 Å². The Balaban J connectivity index is 1.71. The molecule has 0 aliphatic rings. The zero-order valence-electron chi connectivity index (χ0n) is 20.7. The average molecular weight is 595 g/mol. The summed E-state index contributed by atoms with van der Waals surface area (Å²) in [6, 6.07) is 17.6. The molecule has 40 heavy (non-hydrogen) atoms. The number of hydrogen-bond donors (Lipinski definition) is 4. The van der Waals surface area contributed by atoms with Crippen LogP contribution in [0.2, 0.25) is 5.02 Å². The van der Waals surface area contributed by atoms with Crippen molar-refractivity contribution in [3.8, 4) is 5.75 Å². The number of amides is 1. The van der Waals surface area contributed by atoms with E-state index in [1.807, 2.05) is 5.32 Å². The minimum atomic E-state index is -4.46. The first-order chi connectivity index (χ1) is 19.0. The topological polar surface area (TPSA) is 129 Å². The third kappa shape index (κ3) is 7.35. The smallest absolute Gasteiger partial charge is 0.401 e. The Labute approximate surface area is 233 Å². The van der Waals surface area contributed by atoms with E-state index in [-0.39, 0.29) is 23.0 Å². The average Bonchev–Trinajstić information content (AvgIpc) is 2.89. The number of para-hydroxylation sites is 2. The van der Waals surface area contributed by atoms with Gasteiger partial charge in [-0.1, -0.05) is 29.8 Å². The van der Waals surface area contributed by atoms with Gasteiger partial charge < -0.3 is 20.7 Å².